The van der Waals surface area contributed by atoms with Gasteiger partial charge in [-0.3, -0.25) is 4.79 Å². The van der Waals surface area contributed by atoms with Crippen LogP contribution in [0.25, 0.3) is 0 Å². The number of benzene rings is 1. The van der Waals surface area contributed by atoms with E-state index in [1.54, 1.807) is 30.3 Å². The van der Waals surface area contributed by atoms with E-state index in [0.717, 1.165) is 19.4 Å². The molecule has 2 N–H and O–H groups in total. The summed E-state index contributed by atoms with van der Waals surface area (Å²) >= 11 is 0. The average molecular weight is 329 g/mol. The third kappa shape index (κ3) is 4.83. The number of nitriles is 1. The molecule has 7 heteroatoms. The van der Waals surface area contributed by atoms with Crippen molar-refractivity contribution in [3.8, 4) is 6.07 Å². The summed E-state index contributed by atoms with van der Waals surface area (Å²) in [5, 5.41) is 14.5. The first-order chi connectivity index (χ1) is 11.6. The Bertz CT molecular complexity index is 673. The molecular formula is C17H19N3O4. The van der Waals surface area contributed by atoms with Gasteiger partial charge in [-0.2, -0.15) is 5.26 Å². The molecule has 7 nitrogen and oxygen atoms in total. The molecule has 0 aromatic heterocycles. The summed E-state index contributed by atoms with van der Waals surface area (Å²) < 4.78 is 9.95. The molecule has 1 aromatic carbocycles. The van der Waals surface area contributed by atoms with Crippen LogP contribution < -0.4 is 10.6 Å². The minimum atomic E-state index is -0.726. The van der Waals surface area contributed by atoms with Crippen molar-refractivity contribution in [2.24, 2.45) is 0 Å². The molecule has 0 spiro atoms. The molecule has 1 unspecified atom stereocenters. The van der Waals surface area contributed by atoms with Gasteiger partial charge >= 0.3 is 5.97 Å². The van der Waals surface area contributed by atoms with Gasteiger partial charge in [-0.15, -0.1) is 0 Å². The van der Waals surface area contributed by atoms with Crippen LogP contribution in [0, 0.1) is 11.3 Å². The van der Waals surface area contributed by atoms with Crippen LogP contribution in [-0.2, 0) is 14.3 Å². The Kier molecular flexibility index (Phi) is 6.34. The second-order valence-electron chi connectivity index (χ2n) is 5.23. The van der Waals surface area contributed by atoms with E-state index in [1.165, 1.54) is 13.3 Å². The quantitative estimate of drug-likeness (QED) is 0.467. The Hall–Kier alpha value is -2.85. The highest BCUT2D eigenvalue weighted by Crippen LogP contribution is 2.13. The fourth-order valence-electron chi connectivity index (χ4n) is 2.27. The van der Waals surface area contributed by atoms with Crippen molar-refractivity contribution in [2.45, 2.75) is 18.9 Å². The molecule has 1 fully saturated rings. The number of nitrogens with one attached hydrogen (secondary N) is 2. The largest absolute Gasteiger partial charge is 0.465 e. The first-order valence-corrected chi connectivity index (χ1v) is 7.59. The molecule has 1 saturated heterocycles. The van der Waals surface area contributed by atoms with Crippen molar-refractivity contribution in [3.05, 3.63) is 41.6 Å². The van der Waals surface area contributed by atoms with Crippen LogP contribution in [0.5, 0.6) is 0 Å². The predicted molar refractivity (Wildman–Crippen MR) is 87.1 cm³/mol. The lowest BCUT2D eigenvalue weighted by molar-refractivity contribution is -0.135. The van der Waals surface area contributed by atoms with E-state index in [1.807, 2.05) is 0 Å². The number of amides is 1. The summed E-state index contributed by atoms with van der Waals surface area (Å²) in [7, 11) is 1.20. The minimum Gasteiger partial charge on any atom is -0.465 e. The van der Waals surface area contributed by atoms with Gasteiger partial charge in [0.05, 0.1) is 13.2 Å². The van der Waals surface area contributed by atoms with Gasteiger partial charge in [0.15, 0.2) is 5.57 Å². The maximum Gasteiger partial charge on any atom is 0.350 e. The lowest BCUT2D eigenvalue weighted by Gasteiger charge is -2.11. The van der Waals surface area contributed by atoms with Gasteiger partial charge in [0, 0.05) is 30.6 Å². The van der Waals surface area contributed by atoms with Crippen LogP contribution in [0.3, 0.4) is 0 Å². The van der Waals surface area contributed by atoms with Crippen molar-refractivity contribution in [1.82, 2.24) is 5.32 Å². The molecule has 1 aliphatic heterocycles. The van der Waals surface area contributed by atoms with Crippen molar-refractivity contribution in [1.29, 1.82) is 5.26 Å². The summed E-state index contributed by atoms with van der Waals surface area (Å²) in [5.41, 5.74) is 0.894. The number of ether oxygens (including phenoxy) is 2. The number of hydrogen-bond acceptors (Lipinski definition) is 6. The second kappa shape index (κ2) is 8.70. The normalized spacial score (nSPS) is 17.0. The molecule has 24 heavy (non-hydrogen) atoms. The molecule has 1 amide bonds. The average Bonchev–Trinajstić information content (AvgIpc) is 3.13. The summed E-state index contributed by atoms with van der Waals surface area (Å²) in [5.74, 6) is -0.929. The molecular weight excluding hydrogens is 310 g/mol. The van der Waals surface area contributed by atoms with E-state index in [4.69, 9.17) is 10.00 Å². The molecule has 0 saturated carbocycles. The fraction of sp³-hybridized carbons (Fsp3) is 0.353. The number of anilines is 1. The number of nitrogens with zero attached hydrogens (tertiary/aromatic N) is 1. The van der Waals surface area contributed by atoms with Crippen LogP contribution in [-0.4, -0.2) is 38.2 Å². The standard InChI is InChI=1S/C17H19N3O4/c1-23-17(22)13(9-18)10-19-14-5-2-4-12(8-14)16(21)20-11-15-6-3-7-24-15/h2,4-5,8,10,15,19H,3,6-7,11H2,1H3,(H,20,21)/b13-10+. The zero-order chi connectivity index (χ0) is 17.4. The smallest absolute Gasteiger partial charge is 0.350 e. The zero-order valence-electron chi connectivity index (χ0n) is 13.4. The number of hydrogen-bond donors (Lipinski definition) is 2. The summed E-state index contributed by atoms with van der Waals surface area (Å²) in [4.78, 5) is 23.5. The maximum absolute atomic E-state index is 12.2. The van der Waals surface area contributed by atoms with Crippen LogP contribution in [0.1, 0.15) is 23.2 Å². The van der Waals surface area contributed by atoms with Gasteiger partial charge in [-0.25, -0.2) is 4.79 Å². The molecule has 1 heterocycles. The highest BCUT2D eigenvalue weighted by atomic mass is 16.5. The van der Waals surface area contributed by atoms with Gasteiger partial charge < -0.3 is 20.1 Å². The zero-order valence-corrected chi connectivity index (χ0v) is 13.4. The summed E-state index contributed by atoms with van der Waals surface area (Å²) in [6, 6.07) is 8.49. The Morgan fingerprint density at radius 1 is 1.50 bits per heavy atom. The first kappa shape index (κ1) is 17.5. The second-order valence-corrected chi connectivity index (χ2v) is 5.23. The van der Waals surface area contributed by atoms with Crippen LogP contribution in [0.15, 0.2) is 36.0 Å². The highest BCUT2D eigenvalue weighted by Gasteiger charge is 2.16. The van der Waals surface area contributed by atoms with E-state index in [-0.39, 0.29) is 17.6 Å². The first-order valence-electron chi connectivity index (χ1n) is 7.59. The van der Waals surface area contributed by atoms with Crippen molar-refractivity contribution < 1.29 is 19.1 Å². The number of esters is 1. The third-order valence-corrected chi connectivity index (χ3v) is 3.55. The Balaban J connectivity index is 1.97. The molecule has 1 aliphatic rings. The topological polar surface area (TPSA) is 100 Å². The van der Waals surface area contributed by atoms with E-state index in [9.17, 15) is 9.59 Å². The summed E-state index contributed by atoms with van der Waals surface area (Å²) in [6.45, 7) is 1.23. The third-order valence-electron chi connectivity index (χ3n) is 3.55. The number of carbonyl (C=O) groups is 2. The van der Waals surface area contributed by atoms with Gasteiger partial charge in [-0.1, -0.05) is 6.07 Å². The van der Waals surface area contributed by atoms with Crippen LogP contribution in [0.4, 0.5) is 5.69 Å². The van der Waals surface area contributed by atoms with Crippen LogP contribution >= 0.6 is 0 Å². The van der Waals surface area contributed by atoms with E-state index in [0.29, 0.717) is 17.8 Å². The SMILES string of the molecule is COC(=O)/C(C#N)=C/Nc1cccc(C(=O)NCC2CCCO2)c1. The Morgan fingerprint density at radius 2 is 2.33 bits per heavy atom. The Labute approximate surface area is 140 Å². The van der Waals surface area contributed by atoms with E-state index < -0.39 is 5.97 Å². The number of methoxy groups -OCH3 is 1. The van der Waals surface area contributed by atoms with Gasteiger partial charge in [-0.05, 0) is 31.0 Å². The number of rotatable bonds is 6. The molecule has 1 aromatic rings. The lowest BCUT2D eigenvalue weighted by Crippen LogP contribution is -2.31. The molecule has 1 atom stereocenters. The monoisotopic (exact) mass is 329 g/mol. The maximum atomic E-state index is 12.2. The minimum absolute atomic E-state index is 0.0800. The van der Waals surface area contributed by atoms with Gasteiger partial charge in [0.25, 0.3) is 5.91 Å². The number of carbonyl (C=O) groups excluding carboxylic acids is 2. The Morgan fingerprint density at radius 3 is 3.00 bits per heavy atom. The van der Waals surface area contributed by atoms with Crippen molar-refractivity contribution >= 4 is 17.6 Å². The lowest BCUT2D eigenvalue weighted by atomic mass is 10.1. The summed E-state index contributed by atoms with van der Waals surface area (Å²) in [6.07, 6.45) is 3.30. The van der Waals surface area contributed by atoms with Gasteiger partial charge in [0.2, 0.25) is 0 Å². The molecule has 126 valence electrons. The highest BCUT2D eigenvalue weighted by molar-refractivity contribution is 5.95. The van der Waals surface area contributed by atoms with E-state index in [2.05, 4.69) is 15.4 Å². The van der Waals surface area contributed by atoms with Crippen molar-refractivity contribution in [2.75, 3.05) is 25.6 Å². The molecule has 0 aliphatic carbocycles. The predicted octanol–water partition coefficient (Wildman–Crippen LogP) is 1.59. The molecule has 0 radical (unpaired) electrons. The fourth-order valence-corrected chi connectivity index (χ4v) is 2.27. The molecule has 2 rings (SSSR count). The van der Waals surface area contributed by atoms with Gasteiger partial charge in [0.1, 0.15) is 6.07 Å². The van der Waals surface area contributed by atoms with E-state index >= 15 is 0 Å². The molecule has 0 bridgehead atoms. The van der Waals surface area contributed by atoms with Crippen LogP contribution in [0.2, 0.25) is 0 Å². The van der Waals surface area contributed by atoms with Crippen molar-refractivity contribution in [3.63, 3.8) is 0 Å².